The predicted octanol–water partition coefficient (Wildman–Crippen LogP) is -0.217. The van der Waals surface area contributed by atoms with Crippen molar-refractivity contribution in [1.29, 1.82) is 0 Å². The van der Waals surface area contributed by atoms with Crippen LogP contribution >= 0.6 is 0 Å². The summed E-state index contributed by atoms with van der Waals surface area (Å²) in [4.78, 5) is 0. The molecule has 0 radical (unpaired) electrons. The molecule has 0 aliphatic rings. The average molecular weight is 309 g/mol. The highest BCUT2D eigenvalue weighted by molar-refractivity contribution is 5.42. The van der Waals surface area contributed by atoms with Crippen molar-refractivity contribution in [2.75, 3.05) is 0 Å². The summed E-state index contributed by atoms with van der Waals surface area (Å²) in [5.41, 5.74) is 2.69. The summed E-state index contributed by atoms with van der Waals surface area (Å²) in [6, 6.07) is 14.9. The van der Waals surface area contributed by atoms with Crippen molar-refractivity contribution in [2.45, 2.75) is 33.2 Å². The smallest absolute Gasteiger partial charge is 0.209 e. The molecule has 0 atom stereocenters. The molecule has 0 unspecified atom stereocenters. The number of nitrogens with two attached hydrogens (primary N) is 1. The van der Waals surface area contributed by atoms with E-state index in [-0.39, 0.29) is 22.5 Å². The van der Waals surface area contributed by atoms with Gasteiger partial charge in [0.1, 0.15) is 0 Å². The maximum Gasteiger partial charge on any atom is 0.209 e. The molecule has 1 aromatic carbocycles. The van der Waals surface area contributed by atoms with Gasteiger partial charge in [-0.3, -0.25) is 9.88 Å². The van der Waals surface area contributed by atoms with Gasteiger partial charge in [-0.25, -0.2) is 0 Å². The molecule has 1 heterocycles. The fourth-order valence-electron chi connectivity index (χ4n) is 2.04. The van der Waals surface area contributed by atoms with Gasteiger partial charge in [0.2, 0.25) is 5.82 Å². The molecule has 1 aromatic heterocycles. The molecule has 0 amide bonds. The Kier molecular flexibility index (Phi) is 4.77. The van der Waals surface area contributed by atoms with E-state index in [0.29, 0.717) is 0 Å². The molecule has 0 spiro atoms. The Morgan fingerprint density at radius 2 is 1.56 bits per heavy atom. The number of aromatic nitrogens is 1. The van der Waals surface area contributed by atoms with E-state index < -0.39 is 0 Å². The average Bonchev–Trinajstić information content (AvgIpc) is 2.58. The van der Waals surface area contributed by atoms with Gasteiger partial charge >= 0.3 is 0 Å². The topological polar surface area (TPSA) is 21.5 Å². The van der Waals surface area contributed by atoms with Crippen molar-refractivity contribution in [3.8, 4) is 5.69 Å². The van der Waals surface area contributed by atoms with E-state index in [0.717, 1.165) is 0 Å². The third-order valence-corrected chi connectivity index (χ3v) is 2.70. The number of hydrogen-bond donors (Lipinski definition) is 1. The molecule has 0 aliphatic carbocycles. The first kappa shape index (κ1) is 15.0. The van der Waals surface area contributed by atoms with E-state index in [4.69, 9.17) is 0 Å². The number of aryl methyl sites for hydroxylation is 1. The zero-order chi connectivity index (χ0) is 12.5. The minimum Gasteiger partial charge on any atom is -1.00 e. The van der Waals surface area contributed by atoms with Crippen molar-refractivity contribution in [3.05, 3.63) is 48.2 Å². The molecule has 18 heavy (non-hydrogen) atoms. The molecule has 0 saturated carbocycles. The first-order valence-corrected chi connectivity index (χ1v) is 6.07. The third kappa shape index (κ3) is 3.47. The summed E-state index contributed by atoms with van der Waals surface area (Å²) in [7, 11) is 0. The van der Waals surface area contributed by atoms with Crippen molar-refractivity contribution in [3.63, 3.8) is 0 Å². The van der Waals surface area contributed by atoms with E-state index >= 15 is 0 Å². The number of rotatable bonds is 2. The monoisotopic (exact) mass is 308 g/mol. The zero-order valence-corrected chi connectivity index (χ0v) is 13.0. The van der Waals surface area contributed by atoms with Gasteiger partial charge in [-0.1, -0.05) is 18.2 Å². The van der Waals surface area contributed by atoms with Crippen LogP contribution in [0.15, 0.2) is 42.5 Å². The SMILES string of the molecule is Cc1ccc([NH2+]C(C)(C)C)n1-c1ccccc1.[Br-]. The van der Waals surface area contributed by atoms with Gasteiger partial charge in [0, 0.05) is 11.8 Å². The van der Waals surface area contributed by atoms with Crippen molar-refractivity contribution in [1.82, 2.24) is 4.57 Å². The highest BCUT2D eigenvalue weighted by Crippen LogP contribution is 2.17. The van der Waals surface area contributed by atoms with Crippen LogP contribution in [0.3, 0.4) is 0 Å². The predicted molar refractivity (Wildman–Crippen MR) is 71.8 cm³/mol. The standard InChI is InChI=1S/C15H20N2.BrH/c1-12-10-11-14(16-15(2,3)4)17(12)13-8-6-5-7-9-13;/h5-11,16H,1-4H3;1H. The first-order chi connectivity index (χ1) is 7.97. The lowest BCUT2D eigenvalue weighted by atomic mass is 10.1. The molecule has 0 saturated heterocycles. The van der Waals surface area contributed by atoms with Crippen molar-refractivity contribution >= 4 is 5.82 Å². The van der Waals surface area contributed by atoms with E-state index in [1.807, 2.05) is 0 Å². The summed E-state index contributed by atoms with van der Waals surface area (Å²) < 4.78 is 2.30. The molecule has 2 rings (SSSR count). The second kappa shape index (κ2) is 5.72. The Hall–Kier alpha value is -1.06. The summed E-state index contributed by atoms with van der Waals surface area (Å²) >= 11 is 0. The molecule has 0 fully saturated rings. The van der Waals surface area contributed by atoms with Crippen LogP contribution < -0.4 is 22.3 Å². The largest absolute Gasteiger partial charge is 1.00 e. The number of nitrogens with zero attached hydrogens (tertiary/aromatic N) is 1. The summed E-state index contributed by atoms with van der Waals surface area (Å²) in [5, 5.41) is 2.31. The normalized spacial score (nSPS) is 11.1. The number of quaternary nitrogens is 1. The van der Waals surface area contributed by atoms with Crippen LogP contribution in [0.1, 0.15) is 26.5 Å². The maximum atomic E-state index is 2.31. The molecular formula is C15H21BrN2. The molecule has 2 N–H and O–H groups in total. The van der Waals surface area contributed by atoms with Crippen LogP contribution in [0, 0.1) is 6.92 Å². The number of halogens is 1. The zero-order valence-electron chi connectivity index (χ0n) is 11.4. The molecular weight excluding hydrogens is 288 g/mol. The van der Waals surface area contributed by atoms with Gasteiger partial charge in [0.25, 0.3) is 0 Å². The number of para-hydroxylation sites is 1. The van der Waals surface area contributed by atoms with Crippen LogP contribution in [0.4, 0.5) is 5.82 Å². The van der Waals surface area contributed by atoms with Crippen LogP contribution in [0.5, 0.6) is 0 Å². The Morgan fingerprint density at radius 3 is 2.11 bits per heavy atom. The molecule has 2 aromatic rings. The lowest BCUT2D eigenvalue weighted by molar-refractivity contribution is -0.646. The summed E-state index contributed by atoms with van der Waals surface area (Å²) in [6.45, 7) is 8.83. The van der Waals surface area contributed by atoms with E-state index in [9.17, 15) is 0 Å². The quantitative estimate of drug-likeness (QED) is 0.792. The minimum absolute atomic E-state index is 0. The lowest BCUT2D eigenvalue weighted by Crippen LogP contribution is -3.00. The lowest BCUT2D eigenvalue weighted by Gasteiger charge is -2.18. The van der Waals surface area contributed by atoms with Gasteiger partial charge in [-0.2, -0.15) is 0 Å². The second-order valence-corrected chi connectivity index (χ2v) is 5.58. The maximum absolute atomic E-state index is 2.31. The van der Waals surface area contributed by atoms with Crippen LogP contribution in [-0.2, 0) is 0 Å². The van der Waals surface area contributed by atoms with Crippen molar-refractivity contribution < 1.29 is 22.3 Å². The molecule has 0 aliphatic heterocycles. The van der Waals surface area contributed by atoms with Gasteiger partial charge in [-0.05, 0) is 45.9 Å². The fourth-order valence-corrected chi connectivity index (χ4v) is 2.04. The van der Waals surface area contributed by atoms with E-state index in [2.05, 4.69) is 80.0 Å². The summed E-state index contributed by atoms with van der Waals surface area (Å²) in [5.74, 6) is 1.27. The van der Waals surface area contributed by atoms with E-state index in [1.54, 1.807) is 0 Å². The Balaban J connectivity index is 0.00000162. The third-order valence-electron chi connectivity index (χ3n) is 2.70. The van der Waals surface area contributed by atoms with Crippen LogP contribution in [-0.4, -0.2) is 10.1 Å². The Labute approximate surface area is 120 Å². The fraction of sp³-hybridized carbons (Fsp3) is 0.333. The number of benzene rings is 1. The molecule has 2 nitrogen and oxygen atoms in total. The first-order valence-electron chi connectivity index (χ1n) is 6.07. The highest BCUT2D eigenvalue weighted by Gasteiger charge is 2.19. The Bertz CT molecular complexity index is 495. The molecule has 98 valence electrons. The number of hydrogen-bond acceptors (Lipinski definition) is 0. The van der Waals surface area contributed by atoms with Gasteiger partial charge in [0.15, 0.2) is 0 Å². The van der Waals surface area contributed by atoms with Gasteiger partial charge in [-0.15, -0.1) is 0 Å². The van der Waals surface area contributed by atoms with Gasteiger partial charge < -0.3 is 17.0 Å². The van der Waals surface area contributed by atoms with E-state index in [1.165, 1.54) is 17.2 Å². The van der Waals surface area contributed by atoms with Crippen LogP contribution in [0.25, 0.3) is 5.69 Å². The summed E-state index contributed by atoms with van der Waals surface area (Å²) in [6.07, 6.45) is 0. The molecule has 3 heteroatoms. The molecule has 0 bridgehead atoms. The highest BCUT2D eigenvalue weighted by atomic mass is 79.9. The minimum atomic E-state index is 0. The second-order valence-electron chi connectivity index (χ2n) is 5.58. The van der Waals surface area contributed by atoms with Gasteiger partial charge in [0.05, 0.1) is 11.2 Å². The van der Waals surface area contributed by atoms with Crippen molar-refractivity contribution in [2.24, 2.45) is 0 Å². The Morgan fingerprint density at radius 1 is 0.944 bits per heavy atom. The van der Waals surface area contributed by atoms with Crippen LogP contribution in [0.2, 0.25) is 0 Å².